The molecule has 3 nitrogen and oxygen atoms in total. The maximum absolute atomic E-state index is 10.5. The molecular weight excluding hydrogens is 338 g/mol. The molecule has 0 bridgehead atoms. The van der Waals surface area contributed by atoms with Crippen molar-refractivity contribution in [3.05, 3.63) is 19.8 Å². The van der Waals surface area contributed by atoms with Crippen molar-refractivity contribution < 1.29 is 9.90 Å². The predicted octanol–water partition coefficient (Wildman–Crippen LogP) is 3.85. The van der Waals surface area contributed by atoms with Crippen LogP contribution < -0.4 is 0 Å². The highest BCUT2D eigenvalue weighted by molar-refractivity contribution is 9.10. The number of carboxylic acids is 1. The Morgan fingerprint density at radius 1 is 1.67 bits per heavy atom. The molecule has 0 saturated carbocycles. The van der Waals surface area contributed by atoms with E-state index in [1.54, 1.807) is 11.3 Å². The highest BCUT2D eigenvalue weighted by Crippen LogP contribution is 2.33. The lowest BCUT2D eigenvalue weighted by atomic mass is 10.0. The molecule has 1 aromatic heterocycles. The fourth-order valence-electron chi connectivity index (χ4n) is 2.31. The van der Waals surface area contributed by atoms with E-state index in [0.717, 1.165) is 41.3 Å². The summed E-state index contributed by atoms with van der Waals surface area (Å²) < 4.78 is 1.76. The third-order valence-corrected chi connectivity index (χ3v) is 5.67. The number of carbonyl (C=O) groups is 1. The van der Waals surface area contributed by atoms with E-state index in [2.05, 4.69) is 26.9 Å². The van der Waals surface area contributed by atoms with Gasteiger partial charge in [0, 0.05) is 28.9 Å². The van der Waals surface area contributed by atoms with Crippen LogP contribution in [0.1, 0.15) is 24.1 Å². The third kappa shape index (κ3) is 3.95. The van der Waals surface area contributed by atoms with Gasteiger partial charge in [0.15, 0.2) is 0 Å². The highest BCUT2D eigenvalue weighted by Gasteiger charge is 2.23. The van der Waals surface area contributed by atoms with Gasteiger partial charge in [-0.15, -0.1) is 11.3 Å². The number of nitrogens with zero attached hydrogens (tertiary/aromatic N) is 1. The molecule has 1 atom stereocenters. The van der Waals surface area contributed by atoms with Crippen molar-refractivity contribution in [2.45, 2.75) is 25.8 Å². The summed E-state index contributed by atoms with van der Waals surface area (Å²) in [5.41, 5.74) is 0. The van der Waals surface area contributed by atoms with Crippen molar-refractivity contribution in [2.24, 2.45) is 5.92 Å². The van der Waals surface area contributed by atoms with Crippen LogP contribution in [-0.4, -0.2) is 29.1 Å². The topological polar surface area (TPSA) is 40.5 Å². The molecule has 1 aromatic rings. The lowest BCUT2D eigenvalue weighted by Gasteiger charge is -2.14. The van der Waals surface area contributed by atoms with Crippen molar-refractivity contribution in [2.75, 3.05) is 13.1 Å². The molecule has 2 rings (SSSR count). The normalized spacial score (nSPS) is 20.4. The minimum Gasteiger partial charge on any atom is -0.481 e. The number of hydrogen-bond acceptors (Lipinski definition) is 3. The van der Waals surface area contributed by atoms with Crippen LogP contribution in [0.2, 0.25) is 4.34 Å². The summed E-state index contributed by atoms with van der Waals surface area (Å²) in [7, 11) is 0. The molecule has 1 saturated heterocycles. The lowest BCUT2D eigenvalue weighted by molar-refractivity contribution is -0.137. The first-order chi connectivity index (χ1) is 8.54. The van der Waals surface area contributed by atoms with Gasteiger partial charge < -0.3 is 5.11 Å². The Hall–Kier alpha value is -0.100. The second kappa shape index (κ2) is 6.37. The maximum atomic E-state index is 10.5. The average Bonchev–Trinajstić information content (AvgIpc) is 2.85. The molecule has 1 aliphatic rings. The first-order valence-corrected chi connectivity index (χ1v) is 7.91. The molecule has 0 radical (unpaired) electrons. The van der Waals surface area contributed by atoms with Crippen LogP contribution in [-0.2, 0) is 11.3 Å². The Morgan fingerprint density at radius 2 is 2.44 bits per heavy atom. The average molecular weight is 353 g/mol. The van der Waals surface area contributed by atoms with E-state index in [1.165, 1.54) is 4.88 Å². The lowest BCUT2D eigenvalue weighted by Crippen LogP contribution is -2.19. The number of halogens is 2. The van der Waals surface area contributed by atoms with E-state index in [1.807, 2.05) is 0 Å². The second-order valence-corrected chi connectivity index (χ2v) is 7.25. The summed E-state index contributed by atoms with van der Waals surface area (Å²) in [6.45, 7) is 2.97. The van der Waals surface area contributed by atoms with Gasteiger partial charge in [0.2, 0.25) is 0 Å². The van der Waals surface area contributed by atoms with Gasteiger partial charge in [0.1, 0.15) is 4.34 Å². The zero-order valence-corrected chi connectivity index (χ0v) is 13.0. The van der Waals surface area contributed by atoms with E-state index in [0.29, 0.717) is 5.92 Å². The fourth-order valence-corrected chi connectivity index (χ4v) is 4.14. The molecule has 1 fully saturated rings. The summed E-state index contributed by atoms with van der Waals surface area (Å²) in [6, 6.07) is 2.07. The van der Waals surface area contributed by atoms with Crippen LogP contribution in [0, 0.1) is 5.92 Å². The minimum atomic E-state index is -0.692. The van der Waals surface area contributed by atoms with Gasteiger partial charge in [-0.05, 0) is 47.3 Å². The summed E-state index contributed by atoms with van der Waals surface area (Å²) in [5.74, 6) is -0.164. The van der Waals surface area contributed by atoms with Crippen molar-refractivity contribution in [3.8, 4) is 0 Å². The minimum absolute atomic E-state index is 0.287. The number of aliphatic carboxylic acids is 1. The molecule has 1 aliphatic heterocycles. The molecule has 0 aliphatic carbocycles. The molecule has 0 amide bonds. The van der Waals surface area contributed by atoms with Gasteiger partial charge in [0.05, 0.1) is 0 Å². The van der Waals surface area contributed by atoms with E-state index in [4.69, 9.17) is 16.7 Å². The molecule has 1 unspecified atom stereocenters. The number of carboxylic acid groups (broad SMARTS) is 1. The van der Waals surface area contributed by atoms with Crippen LogP contribution in [0.15, 0.2) is 10.5 Å². The summed E-state index contributed by atoms with van der Waals surface area (Å²) in [4.78, 5) is 14.2. The van der Waals surface area contributed by atoms with Crippen molar-refractivity contribution in [1.82, 2.24) is 4.90 Å². The Kier molecular flexibility index (Phi) is 5.06. The van der Waals surface area contributed by atoms with Gasteiger partial charge >= 0.3 is 5.97 Å². The van der Waals surface area contributed by atoms with Gasteiger partial charge in [0.25, 0.3) is 0 Å². The smallest absolute Gasteiger partial charge is 0.303 e. The second-order valence-electron chi connectivity index (χ2n) is 4.66. The van der Waals surface area contributed by atoms with Gasteiger partial charge in [-0.1, -0.05) is 11.6 Å². The molecule has 100 valence electrons. The molecule has 2 heterocycles. The quantitative estimate of drug-likeness (QED) is 0.875. The number of thiophene rings is 1. The number of rotatable bonds is 5. The highest BCUT2D eigenvalue weighted by atomic mass is 79.9. The van der Waals surface area contributed by atoms with E-state index in [-0.39, 0.29) is 6.42 Å². The van der Waals surface area contributed by atoms with Crippen LogP contribution in [0.25, 0.3) is 0 Å². The molecular formula is C12H15BrClNO2S. The monoisotopic (exact) mass is 351 g/mol. The van der Waals surface area contributed by atoms with Crippen molar-refractivity contribution >= 4 is 44.8 Å². The standard InChI is InChI=1S/C12H15BrClNO2S/c13-10-5-9(18-12(10)14)7-15-4-3-8(6-15)1-2-11(16)17/h5,8H,1-4,6-7H2,(H,16,17). The Labute approximate surface area is 124 Å². The summed E-state index contributed by atoms with van der Waals surface area (Å²) >= 11 is 11.0. The van der Waals surface area contributed by atoms with Gasteiger partial charge in [-0.3, -0.25) is 9.69 Å². The van der Waals surface area contributed by atoms with Crippen LogP contribution in [0.5, 0.6) is 0 Å². The zero-order chi connectivity index (χ0) is 13.1. The molecule has 6 heteroatoms. The zero-order valence-electron chi connectivity index (χ0n) is 9.86. The Balaban J connectivity index is 1.80. The van der Waals surface area contributed by atoms with E-state index < -0.39 is 5.97 Å². The number of likely N-dealkylation sites (tertiary alicyclic amines) is 1. The summed E-state index contributed by atoms with van der Waals surface area (Å²) in [6.07, 6.45) is 2.18. The van der Waals surface area contributed by atoms with Gasteiger partial charge in [-0.25, -0.2) is 0 Å². The fraction of sp³-hybridized carbons (Fsp3) is 0.583. The maximum Gasteiger partial charge on any atom is 0.303 e. The Bertz CT molecular complexity index is 418. The Morgan fingerprint density at radius 3 is 3.06 bits per heavy atom. The molecule has 0 aromatic carbocycles. The number of hydrogen-bond donors (Lipinski definition) is 1. The first kappa shape index (κ1) is 14.3. The predicted molar refractivity (Wildman–Crippen MR) is 77.3 cm³/mol. The van der Waals surface area contributed by atoms with Crippen LogP contribution >= 0.6 is 38.9 Å². The van der Waals surface area contributed by atoms with Crippen LogP contribution in [0.4, 0.5) is 0 Å². The van der Waals surface area contributed by atoms with Crippen molar-refractivity contribution in [1.29, 1.82) is 0 Å². The van der Waals surface area contributed by atoms with E-state index in [9.17, 15) is 4.79 Å². The van der Waals surface area contributed by atoms with Gasteiger partial charge in [-0.2, -0.15) is 0 Å². The molecule has 1 N–H and O–H groups in total. The van der Waals surface area contributed by atoms with E-state index >= 15 is 0 Å². The summed E-state index contributed by atoms with van der Waals surface area (Å²) in [5, 5.41) is 8.68. The third-order valence-electron chi connectivity index (χ3n) is 3.21. The van der Waals surface area contributed by atoms with Crippen LogP contribution in [0.3, 0.4) is 0 Å². The first-order valence-electron chi connectivity index (χ1n) is 5.92. The SMILES string of the molecule is O=C(O)CCC1CCN(Cc2cc(Br)c(Cl)s2)C1. The van der Waals surface area contributed by atoms with Crippen molar-refractivity contribution in [3.63, 3.8) is 0 Å². The molecule has 18 heavy (non-hydrogen) atoms. The largest absolute Gasteiger partial charge is 0.481 e. The molecule has 0 spiro atoms.